The molecule has 10 nitrogen and oxygen atoms in total. The molecule has 0 heterocycles. The van der Waals surface area contributed by atoms with Crippen LogP contribution in [0.15, 0.2) is 0 Å². The second-order valence-electron chi connectivity index (χ2n) is 3.91. The Morgan fingerprint density at radius 1 is 0.500 bits per heavy atom. The van der Waals surface area contributed by atoms with E-state index in [1.54, 1.807) is 0 Å². The molecule has 0 unspecified atom stereocenters. The third-order valence-electron chi connectivity index (χ3n) is 2.14. The van der Waals surface area contributed by atoms with Crippen LogP contribution in [0.3, 0.4) is 0 Å². The molecule has 0 N–H and O–H groups in total. The largest absolute Gasteiger partial charge is 1.00 e. The Hall–Kier alpha value is 5.02. The van der Waals surface area contributed by atoms with Gasteiger partial charge in [-0.05, 0) is 0 Å². The molecule has 0 aliphatic carbocycles. The molecule has 0 spiro atoms. The zero-order chi connectivity index (χ0) is 15.7. The van der Waals surface area contributed by atoms with Crippen molar-refractivity contribution >= 4 is 23.9 Å². The van der Waals surface area contributed by atoms with Crippen LogP contribution in [-0.4, -0.2) is 72.9 Å². The van der Waals surface area contributed by atoms with Crippen LogP contribution in [0.2, 0.25) is 0 Å². The summed E-state index contributed by atoms with van der Waals surface area (Å²) in [5.41, 5.74) is 0. The fourth-order valence-electron chi connectivity index (χ4n) is 1.44. The predicted octanol–water partition coefficient (Wildman–Crippen LogP) is -19.4. The standard InChI is InChI=1S/C10H16N2O8.4Rb/c13-7(14)3-11(4-8(15)16)1-2-12(5-9(17)18)6-10(19)20;;;;/h1-6H2,(H,13,14)(H,15,16)(H,17,18)(H,19,20);;;;/q;4*+1/p-4. The molecule has 0 aliphatic heterocycles. The molecule has 0 aromatic heterocycles. The van der Waals surface area contributed by atoms with Crippen molar-refractivity contribution in [3.63, 3.8) is 0 Å². The van der Waals surface area contributed by atoms with Gasteiger partial charge in [0.15, 0.2) is 0 Å². The molecule has 0 aromatic rings. The molecule has 0 saturated carbocycles. The van der Waals surface area contributed by atoms with Gasteiger partial charge in [0, 0.05) is 39.3 Å². The summed E-state index contributed by atoms with van der Waals surface area (Å²) in [4.78, 5) is 43.4. The van der Waals surface area contributed by atoms with Crippen molar-refractivity contribution in [1.29, 1.82) is 0 Å². The normalized spacial score (nSPS) is 8.92. The summed E-state index contributed by atoms with van der Waals surface area (Å²) in [5.74, 6) is -6.12. The third kappa shape index (κ3) is 27.0. The first-order valence-electron chi connectivity index (χ1n) is 5.44. The summed E-state index contributed by atoms with van der Waals surface area (Å²) in [6.45, 7) is -3.25. The van der Waals surface area contributed by atoms with Crippen LogP contribution < -0.4 is 253 Å². The minimum Gasteiger partial charge on any atom is -0.549 e. The van der Waals surface area contributed by atoms with Gasteiger partial charge in [-0.1, -0.05) is 0 Å². The van der Waals surface area contributed by atoms with Gasteiger partial charge >= 0.3 is 233 Å². The SMILES string of the molecule is O=C([O-])CN(CCN(CC(=O)[O-])CC(=O)[O-])CC(=O)[O-].[Rb+].[Rb+].[Rb+].[Rb+]. The Labute approximate surface area is 335 Å². The van der Waals surface area contributed by atoms with Gasteiger partial charge in [0.25, 0.3) is 0 Å². The molecule has 0 amide bonds. The van der Waals surface area contributed by atoms with Crippen molar-refractivity contribution in [2.24, 2.45) is 0 Å². The molecular weight excluding hydrogens is 618 g/mol. The molecule has 0 rings (SSSR count). The zero-order valence-electron chi connectivity index (χ0n) is 14.4. The Morgan fingerprint density at radius 2 is 0.667 bits per heavy atom. The molecule has 0 radical (unpaired) electrons. The minimum atomic E-state index is -1.53. The quantitative estimate of drug-likeness (QED) is 0.214. The number of carbonyl (C=O) groups excluding carboxylic acids is 4. The van der Waals surface area contributed by atoms with E-state index in [9.17, 15) is 39.6 Å². The Balaban J connectivity index is -0.000000301. The summed E-state index contributed by atoms with van der Waals surface area (Å²) in [6.07, 6.45) is 0. The van der Waals surface area contributed by atoms with Crippen LogP contribution in [0.5, 0.6) is 0 Å². The zero-order valence-corrected chi connectivity index (χ0v) is 34.1. The Bertz CT molecular complexity index is 331. The van der Waals surface area contributed by atoms with E-state index < -0.39 is 50.1 Å². The number of nitrogens with zero attached hydrogens (tertiary/aromatic N) is 2. The van der Waals surface area contributed by atoms with Crippen molar-refractivity contribution in [3.05, 3.63) is 0 Å². The second-order valence-corrected chi connectivity index (χ2v) is 3.91. The molecular formula is C10H12N2O8Rb4. The van der Waals surface area contributed by atoms with E-state index in [1.165, 1.54) is 0 Å². The van der Waals surface area contributed by atoms with Crippen molar-refractivity contribution in [1.82, 2.24) is 9.80 Å². The van der Waals surface area contributed by atoms with Crippen molar-refractivity contribution in [2.75, 3.05) is 39.3 Å². The average Bonchev–Trinajstić information content (AvgIpc) is 2.22. The van der Waals surface area contributed by atoms with Gasteiger partial charge in [-0.15, -0.1) is 0 Å². The number of hydrogen-bond acceptors (Lipinski definition) is 10. The first-order valence-corrected chi connectivity index (χ1v) is 5.44. The van der Waals surface area contributed by atoms with Crippen LogP contribution in [-0.2, 0) is 19.2 Å². The van der Waals surface area contributed by atoms with Gasteiger partial charge in [0.05, 0.1) is 23.9 Å². The van der Waals surface area contributed by atoms with Crippen LogP contribution >= 0.6 is 0 Å². The maximum Gasteiger partial charge on any atom is 1.00 e. The molecule has 0 aromatic carbocycles. The maximum absolute atomic E-state index is 10.4. The second kappa shape index (κ2) is 24.3. The van der Waals surface area contributed by atoms with Gasteiger partial charge in [0.1, 0.15) is 0 Å². The molecule has 0 fully saturated rings. The van der Waals surface area contributed by atoms with E-state index in [0.29, 0.717) is 0 Å². The van der Waals surface area contributed by atoms with E-state index in [2.05, 4.69) is 0 Å². The Kier molecular flexibility index (Phi) is 40.0. The number of rotatable bonds is 11. The molecule has 24 heavy (non-hydrogen) atoms. The molecule has 14 heteroatoms. The predicted molar refractivity (Wildman–Crippen MR) is 52.9 cm³/mol. The van der Waals surface area contributed by atoms with Crippen LogP contribution in [0.1, 0.15) is 0 Å². The number of hydrogen-bond donors (Lipinski definition) is 0. The van der Waals surface area contributed by atoms with Gasteiger partial charge < -0.3 is 39.6 Å². The summed E-state index contributed by atoms with van der Waals surface area (Å²) in [5, 5.41) is 41.6. The monoisotopic (exact) mass is 628 g/mol. The van der Waals surface area contributed by atoms with E-state index >= 15 is 0 Å². The smallest absolute Gasteiger partial charge is 0.549 e. The Morgan fingerprint density at radius 3 is 0.792 bits per heavy atom. The molecule has 0 bridgehead atoms. The van der Waals surface area contributed by atoms with E-state index in [-0.39, 0.29) is 246 Å². The van der Waals surface area contributed by atoms with E-state index in [4.69, 9.17) is 0 Å². The minimum absolute atomic E-state index is 0. The topological polar surface area (TPSA) is 167 Å². The number of carbonyl (C=O) groups is 4. The summed E-state index contributed by atoms with van der Waals surface area (Å²) < 4.78 is 0. The summed E-state index contributed by atoms with van der Waals surface area (Å²) in [7, 11) is 0. The van der Waals surface area contributed by atoms with Crippen molar-refractivity contribution in [3.8, 4) is 0 Å². The molecule has 0 saturated heterocycles. The average molecular weight is 630 g/mol. The van der Waals surface area contributed by atoms with Crippen molar-refractivity contribution < 1.29 is 272 Å². The first kappa shape index (κ1) is 39.5. The number of aliphatic carboxylic acids is 4. The molecule has 0 aliphatic rings. The van der Waals surface area contributed by atoms with Crippen LogP contribution in [0.25, 0.3) is 0 Å². The van der Waals surface area contributed by atoms with Gasteiger partial charge in [-0.3, -0.25) is 9.80 Å². The van der Waals surface area contributed by atoms with E-state index in [0.717, 1.165) is 9.80 Å². The van der Waals surface area contributed by atoms with Crippen LogP contribution in [0.4, 0.5) is 0 Å². The summed E-state index contributed by atoms with van der Waals surface area (Å²) >= 11 is 0. The van der Waals surface area contributed by atoms with Gasteiger partial charge in [-0.2, -0.15) is 0 Å². The fraction of sp³-hybridized carbons (Fsp3) is 0.600. The van der Waals surface area contributed by atoms with Crippen molar-refractivity contribution in [2.45, 2.75) is 0 Å². The maximum atomic E-state index is 10.4. The fourth-order valence-corrected chi connectivity index (χ4v) is 1.44. The van der Waals surface area contributed by atoms with Gasteiger partial charge in [-0.25, -0.2) is 0 Å². The first-order chi connectivity index (χ1) is 9.20. The molecule has 114 valence electrons. The third-order valence-corrected chi connectivity index (χ3v) is 2.14. The van der Waals surface area contributed by atoms with Gasteiger partial charge in [0.2, 0.25) is 0 Å². The number of carboxylic acid groups (broad SMARTS) is 4. The van der Waals surface area contributed by atoms with E-state index in [1.807, 2.05) is 0 Å². The molecule has 0 atom stereocenters. The van der Waals surface area contributed by atoms with Crippen LogP contribution in [0, 0.1) is 0 Å². The number of carboxylic acids is 4. The summed E-state index contributed by atoms with van der Waals surface area (Å²) in [6, 6.07) is 0.